The fourth-order valence-electron chi connectivity index (χ4n) is 2.76. The van der Waals surface area contributed by atoms with Crippen LogP contribution in [-0.4, -0.2) is 18.0 Å². The van der Waals surface area contributed by atoms with Crippen molar-refractivity contribution in [3.8, 4) is 0 Å². The minimum Gasteiger partial charge on any atom is -0.373 e. The Balaban J connectivity index is 1.82. The van der Waals surface area contributed by atoms with E-state index in [1.165, 1.54) is 50.2 Å². The highest BCUT2D eigenvalue weighted by Crippen LogP contribution is 2.31. The molecule has 94 valence electrons. The molecule has 0 radical (unpaired) electrons. The van der Waals surface area contributed by atoms with Crippen LogP contribution in [-0.2, 0) is 0 Å². The van der Waals surface area contributed by atoms with E-state index in [9.17, 15) is 0 Å². The quantitative estimate of drug-likeness (QED) is 0.711. The molecule has 1 saturated heterocycles. The Morgan fingerprint density at radius 2 is 1.67 bits per heavy atom. The van der Waals surface area contributed by atoms with Crippen LogP contribution in [0.5, 0.6) is 0 Å². The van der Waals surface area contributed by atoms with Crippen LogP contribution in [0.25, 0.3) is 0 Å². The molecule has 3 heteroatoms. The highest BCUT2D eigenvalue weighted by Gasteiger charge is 2.22. The summed E-state index contributed by atoms with van der Waals surface area (Å²) in [7, 11) is 0. The molecule has 2 heterocycles. The maximum absolute atomic E-state index is 4.50. The van der Waals surface area contributed by atoms with E-state index in [1.807, 2.05) is 30.3 Å². The van der Waals surface area contributed by atoms with E-state index in [1.54, 1.807) is 0 Å². The Bertz CT molecular complexity index is 462. The molecule has 0 N–H and O–H groups in total. The predicted octanol–water partition coefficient (Wildman–Crippen LogP) is 4.26. The summed E-state index contributed by atoms with van der Waals surface area (Å²) in [5.41, 5.74) is 3.61. The van der Waals surface area contributed by atoms with Crippen LogP contribution in [0.2, 0.25) is 0 Å². The third kappa shape index (κ3) is 2.45. The van der Waals surface area contributed by atoms with Crippen molar-refractivity contribution in [1.82, 2.24) is 4.90 Å². The normalized spacial score (nSPS) is 20.3. The van der Waals surface area contributed by atoms with Gasteiger partial charge in [0.25, 0.3) is 0 Å². The van der Waals surface area contributed by atoms with Crippen LogP contribution in [0.3, 0.4) is 0 Å². The second-order valence-corrected chi connectivity index (χ2v) is 4.98. The van der Waals surface area contributed by atoms with Crippen molar-refractivity contribution in [2.45, 2.75) is 32.1 Å². The van der Waals surface area contributed by atoms with Gasteiger partial charge in [-0.3, -0.25) is 0 Å². The fourth-order valence-corrected chi connectivity index (χ4v) is 2.76. The number of nitrogens with zero attached hydrogens (tertiary/aromatic N) is 3. The summed E-state index contributed by atoms with van der Waals surface area (Å²) in [6.45, 7) is 2.42. The number of benzene rings is 1. The third-order valence-corrected chi connectivity index (χ3v) is 3.69. The first-order valence-electron chi connectivity index (χ1n) is 6.87. The molecule has 3 rings (SSSR count). The van der Waals surface area contributed by atoms with Crippen LogP contribution in [0.15, 0.2) is 52.0 Å². The summed E-state index contributed by atoms with van der Waals surface area (Å²) in [6.07, 6.45) is 6.11. The average molecular weight is 241 g/mol. The Kier molecular flexibility index (Phi) is 3.40. The number of allylic oxidation sites excluding steroid dienone is 2. The van der Waals surface area contributed by atoms with Gasteiger partial charge in [-0.15, -0.1) is 0 Å². The van der Waals surface area contributed by atoms with E-state index in [4.69, 9.17) is 0 Å². The van der Waals surface area contributed by atoms with Crippen LogP contribution >= 0.6 is 0 Å². The third-order valence-electron chi connectivity index (χ3n) is 3.69. The summed E-state index contributed by atoms with van der Waals surface area (Å²) in [5.74, 6) is 0. The van der Waals surface area contributed by atoms with E-state index in [2.05, 4.69) is 15.1 Å². The molecule has 0 amide bonds. The molecule has 0 aliphatic carbocycles. The van der Waals surface area contributed by atoms with Crippen molar-refractivity contribution >= 4 is 5.69 Å². The Morgan fingerprint density at radius 3 is 2.56 bits per heavy atom. The summed E-state index contributed by atoms with van der Waals surface area (Å²) < 4.78 is 0. The second-order valence-electron chi connectivity index (χ2n) is 4.98. The molecule has 0 atom stereocenters. The highest BCUT2D eigenvalue weighted by molar-refractivity contribution is 5.35. The Hall–Kier alpha value is -1.64. The Labute approximate surface area is 108 Å². The van der Waals surface area contributed by atoms with Gasteiger partial charge in [0.15, 0.2) is 0 Å². The maximum Gasteiger partial charge on any atom is 0.0856 e. The Morgan fingerprint density at radius 1 is 0.833 bits per heavy atom. The van der Waals surface area contributed by atoms with Crippen LogP contribution in [0.1, 0.15) is 32.1 Å². The van der Waals surface area contributed by atoms with Crippen LogP contribution < -0.4 is 0 Å². The molecule has 2 aliphatic heterocycles. The number of fused-ring (bicyclic) bond motifs is 1. The van der Waals surface area contributed by atoms with Gasteiger partial charge in [0.2, 0.25) is 0 Å². The van der Waals surface area contributed by atoms with Gasteiger partial charge >= 0.3 is 0 Å². The van der Waals surface area contributed by atoms with E-state index in [0.717, 1.165) is 12.1 Å². The van der Waals surface area contributed by atoms with Gasteiger partial charge in [0.05, 0.1) is 11.4 Å². The predicted molar refractivity (Wildman–Crippen MR) is 72.6 cm³/mol. The van der Waals surface area contributed by atoms with Crippen molar-refractivity contribution in [3.05, 3.63) is 41.7 Å². The first-order chi connectivity index (χ1) is 8.93. The maximum atomic E-state index is 4.50. The zero-order valence-electron chi connectivity index (χ0n) is 10.7. The van der Waals surface area contributed by atoms with Crippen molar-refractivity contribution in [1.29, 1.82) is 0 Å². The number of hydrogen-bond donors (Lipinski definition) is 0. The molecule has 0 saturated carbocycles. The minimum atomic E-state index is 0.943. The minimum absolute atomic E-state index is 0.943. The molecular formula is C15H19N3. The first-order valence-corrected chi connectivity index (χ1v) is 6.87. The van der Waals surface area contributed by atoms with Gasteiger partial charge in [-0.25, -0.2) is 0 Å². The SMILES string of the molecule is c1ccc(N=NC2=C3CCCCN3CCC2)cc1. The molecule has 1 aromatic rings. The van der Waals surface area contributed by atoms with Crippen molar-refractivity contribution in [3.63, 3.8) is 0 Å². The second kappa shape index (κ2) is 5.34. The molecule has 3 nitrogen and oxygen atoms in total. The largest absolute Gasteiger partial charge is 0.373 e. The van der Waals surface area contributed by atoms with E-state index >= 15 is 0 Å². The average Bonchev–Trinajstić information content (AvgIpc) is 2.46. The van der Waals surface area contributed by atoms with E-state index in [0.29, 0.717) is 0 Å². The molecule has 18 heavy (non-hydrogen) atoms. The van der Waals surface area contributed by atoms with Crippen molar-refractivity contribution in [2.75, 3.05) is 13.1 Å². The molecule has 2 aliphatic rings. The lowest BCUT2D eigenvalue weighted by molar-refractivity contribution is 0.265. The summed E-state index contributed by atoms with van der Waals surface area (Å²) in [6, 6.07) is 10.00. The number of rotatable bonds is 2. The van der Waals surface area contributed by atoms with Gasteiger partial charge in [0.1, 0.15) is 0 Å². The zero-order valence-corrected chi connectivity index (χ0v) is 10.7. The van der Waals surface area contributed by atoms with Crippen molar-refractivity contribution < 1.29 is 0 Å². The lowest BCUT2D eigenvalue weighted by Gasteiger charge is -2.35. The van der Waals surface area contributed by atoms with Crippen LogP contribution in [0, 0.1) is 0 Å². The van der Waals surface area contributed by atoms with E-state index < -0.39 is 0 Å². The summed E-state index contributed by atoms with van der Waals surface area (Å²) in [4.78, 5) is 2.51. The van der Waals surface area contributed by atoms with Gasteiger partial charge in [-0.05, 0) is 44.2 Å². The molecule has 0 spiro atoms. The standard InChI is InChI=1S/C15H19N3/c1-2-7-13(8-3-1)16-17-14-9-6-12-18-11-5-4-10-15(14)18/h1-3,7-8H,4-6,9-12H2. The molecule has 0 aromatic heterocycles. The van der Waals surface area contributed by atoms with Gasteiger partial charge in [-0.1, -0.05) is 18.2 Å². The molecule has 0 bridgehead atoms. The zero-order chi connectivity index (χ0) is 12.2. The van der Waals surface area contributed by atoms with E-state index in [-0.39, 0.29) is 0 Å². The number of hydrogen-bond acceptors (Lipinski definition) is 3. The van der Waals surface area contributed by atoms with Gasteiger partial charge < -0.3 is 4.90 Å². The monoisotopic (exact) mass is 241 g/mol. The highest BCUT2D eigenvalue weighted by atomic mass is 15.2. The van der Waals surface area contributed by atoms with Gasteiger partial charge in [0, 0.05) is 18.8 Å². The lowest BCUT2D eigenvalue weighted by atomic mass is 9.99. The number of piperidine rings is 1. The molecule has 1 aromatic carbocycles. The van der Waals surface area contributed by atoms with Crippen molar-refractivity contribution in [2.24, 2.45) is 10.2 Å². The lowest BCUT2D eigenvalue weighted by Crippen LogP contribution is -2.32. The topological polar surface area (TPSA) is 28.0 Å². The fraction of sp³-hybridized carbons (Fsp3) is 0.467. The van der Waals surface area contributed by atoms with Crippen LogP contribution in [0.4, 0.5) is 5.69 Å². The number of azo groups is 1. The summed E-state index contributed by atoms with van der Waals surface area (Å²) >= 11 is 0. The summed E-state index contributed by atoms with van der Waals surface area (Å²) in [5, 5.41) is 8.86. The molecular weight excluding hydrogens is 222 g/mol. The van der Waals surface area contributed by atoms with Gasteiger partial charge in [-0.2, -0.15) is 10.2 Å². The molecule has 1 fully saturated rings. The first kappa shape index (κ1) is 11.5. The smallest absolute Gasteiger partial charge is 0.0856 e. The molecule has 0 unspecified atom stereocenters.